The maximum Gasteiger partial charge on any atom is 0.252 e. The number of amides is 1. The maximum atomic E-state index is 12.0. The van der Waals surface area contributed by atoms with Crippen molar-refractivity contribution in [2.75, 3.05) is 18.4 Å². The summed E-state index contributed by atoms with van der Waals surface area (Å²) in [5.74, 6) is 0.333. The van der Waals surface area contributed by atoms with Gasteiger partial charge in [0.2, 0.25) is 0 Å². The van der Waals surface area contributed by atoms with Crippen molar-refractivity contribution in [1.29, 1.82) is 0 Å². The molecule has 0 spiro atoms. The summed E-state index contributed by atoms with van der Waals surface area (Å²) in [4.78, 5) is 16.2. The molecule has 0 saturated heterocycles. The van der Waals surface area contributed by atoms with E-state index in [0.29, 0.717) is 18.0 Å². The predicted molar refractivity (Wildman–Crippen MR) is 95.1 cm³/mol. The van der Waals surface area contributed by atoms with Gasteiger partial charge in [-0.05, 0) is 36.1 Å². The average molecular weight is 332 g/mol. The van der Waals surface area contributed by atoms with Crippen LogP contribution in [-0.2, 0) is 6.42 Å². The third kappa shape index (κ3) is 5.91. The summed E-state index contributed by atoms with van der Waals surface area (Å²) in [6.07, 6.45) is 4.18. The van der Waals surface area contributed by atoms with Crippen LogP contribution in [0.2, 0.25) is 5.02 Å². The van der Waals surface area contributed by atoms with E-state index in [2.05, 4.69) is 29.5 Å². The van der Waals surface area contributed by atoms with Crippen molar-refractivity contribution in [1.82, 2.24) is 10.3 Å². The van der Waals surface area contributed by atoms with Gasteiger partial charge in [0.05, 0.1) is 11.3 Å². The van der Waals surface area contributed by atoms with Gasteiger partial charge in [0.15, 0.2) is 0 Å². The van der Waals surface area contributed by atoms with E-state index in [0.717, 1.165) is 23.7 Å². The highest BCUT2D eigenvalue weighted by molar-refractivity contribution is 6.30. The van der Waals surface area contributed by atoms with E-state index >= 15 is 0 Å². The Hall–Kier alpha value is -2.07. The zero-order valence-corrected chi connectivity index (χ0v) is 14.2. The highest BCUT2D eigenvalue weighted by Crippen LogP contribution is 2.11. The molecule has 1 amide bonds. The lowest BCUT2D eigenvalue weighted by Crippen LogP contribution is -2.27. The molecule has 4 nitrogen and oxygen atoms in total. The molecule has 2 aromatic rings. The van der Waals surface area contributed by atoms with Crippen LogP contribution in [0.3, 0.4) is 0 Å². The number of nitrogens with zero attached hydrogens (tertiary/aromatic N) is 1. The highest BCUT2D eigenvalue weighted by Gasteiger charge is 2.07. The summed E-state index contributed by atoms with van der Waals surface area (Å²) >= 11 is 5.87. The van der Waals surface area contributed by atoms with E-state index in [-0.39, 0.29) is 5.91 Å². The first-order valence-electron chi connectivity index (χ1n) is 7.76. The number of benzene rings is 1. The van der Waals surface area contributed by atoms with Crippen molar-refractivity contribution >= 4 is 23.2 Å². The van der Waals surface area contributed by atoms with Crippen molar-refractivity contribution in [2.45, 2.75) is 20.3 Å². The zero-order chi connectivity index (χ0) is 16.7. The molecule has 0 fully saturated rings. The van der Waals surface area contributed by atoms with Crippen LogP contribution < -0.4 is 10.6 Å². The second kappa shape index (κ2) is 8.53. The number of nitrogens with one attached hydrogen (secondary N) is 2. The quantitative estimate of drug-likeness (QED) is 0.812. The molecule has 5 heteroatoms. The summed E-state index contributed by atoms with van der Waals surface area (Å²) in [6.45, 7) is 5.55. The topological polar surface area (TPSA) is 54.0 Å². The van der Waals surface area contributed by atoms with Crippen molar-refractivity contribution in [3.8, 4) is 0 Å². The van der Waals surface area contributed by atoms with Gasteiger partial charge >= 0.3 is 0 Å². The van der Waals surface area contributed by atoms with E-state index in [4.69, 9.17) is 11.6 Å². The van der Waals surface area contributed by atoms with Gasteiger partial charge in [-0.15, -0.1) is 0 Å². The molecule has 0 aliphatic carbocycles. The Morgan fingerprint density at radius 3 is 2.65 bits per heavy atom. The molecule has 0 unspecified atom stereocenters. The SMILES string of the molecule is CC(C)CNC(=O)c1cncc(NCCc2ccc(Cl)cc2)c1. The van der Waals surface area contributed by atoms with Gasteiger partial charge in [0.1, 0.15) is 0 Å². The van der Waals surface area contributed by atoms with Crippen LogP contribution in [0.4, 0.5) is 5.69 Å². The number of anilines is 1. The molecule has 2 rings (SSSR count). The minimum absolute atomic E-state index is 0.0902. The van der Waals surface area contributed by atoms with Gasteiger partial charge in [0.25, 0.3) is 5.91 Å². The summed E-state index contributed by atoms with van der Waals surface area (Å²) in [5, 5.41) is 6.93. The fourth-order valence-corrected chi connectivity index (χ4v) is 2.19. The number of hydrogen-bond acceptors (Lipinski definition) is 3. The molecule has 1 heterocycles. The van der Waals surface area contributed by atoms with Gasteiger partial charge in [-0.1, -0.05) is 37.6 Å². The molecule has 0 aliphatic heterocycles. The molecular weight excluding hydrogens is 310 g/mol. The third-order valence-corrected chi connectivity index (χ3v) is 3.58. The van der Waals surface area contributed by atoms with Crippen molar-refractivity contribution < 1.29 is 4.79 Å². The first-order valence-corrected chi connectivity index (χ1v) is 8.14. The van der Waals surface area contributed by atoms with Gasteiger partial charge in [-0.2, -0.15) is 0 Å². The lowest BCUT2D eigenvalue weighted by molar-refractivity contribution is 0.0948. The Morgan fingerprint density at radius 2 is 1.96 bits per heavy atom. The van der Waals surface area contributed by atoms with Crippen LogP contribution in [0.5, 0.6) is 0 Å². The molecular formula is C18H22ClN3O. The smallest absolute Gasteiger partial charge is 0.252 e. The van der Waals surface area contributed by atoms with Gasteiger partial charge < -0.3 is 10.6 Å². The lowest BCUT2D eigenvalue weighted by atomic mass is 10.1. The standard InChI is InChI=1S/C18H22ClN3O/c1-13(2)10-22-18(23)15-9-17(12-20-11-15)21-8-7-14-3-5-16(19)6-4-14/h3-6,9,11-13,21H,7-8,10H2,1-2H3,(H,22,23). The minimum atomic E-state index is -0.0902. The first kappa shape index (κ1) is 17.3. The second-order valence-corrected chi connectivity index (χ2v) is 6.31. The Morgan fingerprint density at radius 1 is 1.22 bits per heavy atom. The largest absolute Gasteiger partial charge is 0.383 e. The molecule has 1 aromatic heterocycles. The number of rotatable bonds is 7. The summed E-state index contributed by atoms with van der Waals surface area (Å²) < 4.78 is 0. The average Bonchev–Trinajstić information content (AvgIpc) is 2.55. The number of carbonyl (C=O) groups excluding carboxylic acids is 1. The van der Waals surface area contributed by atoms with Crippen molar-refractivity contribution in [3.63, 3.8) is 0 Å². The fourth-order valence-electron chi connectivity index (χ4n) is 2.06. The molecule has 0 atom stereocenters. The molecule has 23 heavy (non-hydrogen) atoms. The van der Waals surface area contributed by atoms with Crippen LogP contribution in [0, 0.1) is 5.92 Å². The van der Waals surface area contributed by atoms with E-state index in [1.54, 1.807) is 12.4 Å². The number of halogens is 1. The van der Waals surface area contributed by atoms with Crippen molar-refractivity contribution in [3.05, 3.63) is 58.9 Å². The zero-order valence-electron chi connectivity index (χ0n) is 13.5. The van der Waals surface area contributed by atoms with Crippen LogP contribution in [-0.4, -0.2) is 24.0 Å². The van der Waals surface area contributed by atoms with Crippen LogP contribution >= 0.6 is 11.6 Å². The molecule has 1 aromatic carbocycles. The molecule has 122 valence electrons. The summed E-state index contributed by atoms with van der Waals surface area (Å²) in [5.41, 5.74) is 2.62. The summed E-state index contributed by atoms with van der Waals surface area (Å²) in [7, 11) is 0. The maximum absolute atomic E-state index is 12.0. The van der Waals surface area contributed by atoms with Crippen molar-refractivity contribution in [2.24, 2.45) is 5.92 Å². The minimum Gasteiger partial charge on any atom is -0.383 e. The van der Waals surface area contributed by atoms with Gasteiger partial charge in [-0.3, -0.25) is 9.78 Å². The number of carbonyl (C=O) groups is 1. The monoisotopic (exact) mass is 331 g/mol. The predicted octanol–water partition coefficient (Wildman–Crippen LogP) is 3.78. The van der Waals surface area contributed by atoms with Gasteiger partial charge in [-0.25, -0.2) is 0 Å². The Labute approximate surface area is 142 Å². The Balaban J connectivity index is 1.87. The highest BCUT2D eigenvalue weighted by atomic mass is 35.5. The molecule has 0 bridgehead atoms. The molecule has 0 radical (unpaired) electrons. The number of aromatic nitrogens is 1. The number of pyridine rings is 1. The van der Waals surface area contributed by atoms with E-state index in [9.17, 15) is 4.79 Å². The Bertz CT molecular complexity index is 641. The van der Waals surface area contributed by atoms with Gasteiger partial charge in [0, 0.05) is 30.5 Å². The van der Waals surface area contributed by atoms with E-state index in [1.807, 2.05) is 30.3 Å². The van der Waals surface area contributed by atoms with E-state index in [1.165, 1.54) is 5.56 Å². The molecule has 2 N–H and O–H groups in total. The Kier molecular flexibility index (Phi) is 6.41. The third-order valence-electron chi connectivity index (χ3n) is 3.33. The van der Waals surface area contributed by atoms with Crippen LogP contribution in [0.25, 0.3) is 0 Å². The second-order valence-electron chi connectivity index (χ2n) is 5.87. The molecule has 0 aliphatic rings. The normalized spacial score (nSPS) is 10.6. The fraction of sp³-hybridized carbons (Fsp3) is 0.333. The van der Waals surface area contributed by atoms with Crippen LogP contribution in [0.15, 0.2) is 42.7 Å². The first-order chi connectivity index (χ1) is 11.0. The van der Waals surface area contributed by atoms with Crippen LogP contribution in [0.1, 0.15) is 29.8 Å². The van der Waals surface area contributed by atoms with E-state index < -0.39 is 0 Å². The summed E-state index contributed by atoms with van der Waals surface area (Å²) in [6, 6.07) is 9.62. The number of hydrogen-bond donors (Lipinski definition) is 2. The lowest BCUT2D eigenvalue weighted by Gasteiger charge is -2.10. The molecule has 0 saturated carbocycles.